The molecule has 0 fully saturated rings. The van der Waals surface area contributed by atoms with E-state index < -0.39 is 11.9 Å². The zero-order valence-electron chi connectivity index (χ0n) is 8.51. The van der Waals surface area contributed by atoms with Gasteiger partial charge in [0, 0.05) is 5.92 Å². The molecule has 0 saturated carbocycles. The maximum absolute atomic E-state index is 12.1. The average molecular weight is 210 g/mol. The summed E-state index contributed by atoms with van der Waals surface area (Å²) in [6.07, 6.45) is -4.47. The van der Waals surface area contributed by atoms with Gasteiger partial charge in [-0.1, -0.05) is 32.9 Å². The fraction of sp³-hybridized carbons (Fsp3) is 0.750. The first-order chi connectivity index (χ1) is 6.43. The summed E-state index contributed by atoms with van der Waals surface area (Å²) >= 11 is 0. The predicted octanol–water partition coefficient (Wildman–Crippen LogP) is 3.24. The molecule has 0 unspecified atom stereocenters. The summed E-state index contributed by atoms with van der Waals surface area (Å²) in [5.74, 6) is -0.340. The Morgan fingerprint density at radius 3 is 1.93 bits per heavy atom. The van der Waals surface area contributed by atoms with E-state index in [9.17, 15) is 13.2 Å². The summed E-state index contributed by atoms with van der Waals surface area (Å²) in [6, 6.07) is 0. The quantitative estimate of drug-likeness (QED) is 0.714. The zero-order valence-corrected chi connectivity index (χ0v) is 8.51. The van der Waals surface area contributed by atoms with Crippen molar-refractivity contribution in [1.82, 2.24) is 10.3 Å². The Kier molecular flexibility index (Phi) is 4.59. The third-order valence-corrected chi connectivity index (χ3v) is 1.33. The maximum Gasteiger partial charge on any atom is 0.438 e. The number of hydrogen-bond donors (Lipinski definition) is 0. The van der Waals surface area contributed by atoms with Gasteiger partial charge in [0.1, 0.15) is 5.69 Å². The fourth-order valence-electron chi connectivity index (χ4n) is 0.771. The molecule has 0 spiro atoms. The number of hydrogen-bond acceptors (Lipinski definition) is 3. The van der Waals surface area contributed by atoms with Crippen LogP contribution in [0.4, 0.5) is 13.2 Å². The second-order valence-electron chi connectivity index (χ2n) is 2.65. The predicted molar refractivity (Wildman–Crippen MR) is 44.7 cm³/mol. The Labute approximate surface area is 80.3 Å². The molecule has 0 aliphatic rings. The van der Waals surface area contributed by atoms with Crippen molar-refractivity contribution in [2.24, 2.45) is 0 Å². The Morgan fingerprint density at radius 2 is 1.64 bits per heavy atom. The van der Waals surface area contributed by atoms with E-state index in [0.717, 1.165) is 0 Å². The summed E-state index contributed by atoms with van der Waals surface area (Å²) in [4.78, 5) is 0. The summed E-state index contributed by atoms with van der Waals surface area (Å²) in [7, 11) is 0. The molecule has 0 N–H and O–H groups in total. The first-order valence-electron chi connectivity index (χ1n) is 4.32. The van der Waals surface area contributed by atoms with Gasteiger partial charge < -0.3 is 0 Å². The molecule has 0 atom stereocenters. The maximum atomic E-state index is 12.1. The van der Waals surface area contributed by atoms with Gasteiger partial charge in [0.2, 0.25) is 5.69 Å². The van der Waals surface area contributed by atoms with Crippen LogP contribution in [-0.2, 0) is 6.18 Å². The second kappa shape index (κ2) is 4.97. The highest BCUT2D eigenvalue weighted by atomic mass is 19.4. The second-order valence-corrected chi connectivity index (χ2v) is 2.65. The van der Waals surface area contributed by atoms with Crippen molar-refractivity contribution in [3.63, 3.8) is 0 Å². The standard InChI is InChI=1S/C6H7F3N2O.C2H6/c1-3(2)4-5(6(7,8)9)11-12-10-4;1-2/h3H,1-2H3;1-2H3. The van der Waals surface area contributed by atoms with E-state index in [1.165, 1.54) is 0 Å². The smallest absolute Gasteiger partial charge is 0.244 e. The van der Waals surface area contributed by atoms with Crippen LogP contribution in [0, 0.1) is 0 Å². The van der Waals surface area contributed by atoms with Crippen LogP contribution >= 0.6 is 0 Å². The lowest BCUT2D eigenvalue weighted by Gasteiger charge is -2.04. The van der Waals surface area contributed by atoms with Gasteiger partial charge >= 0.3 is 6.18 Å². The van der Waals surface area contributed by atoms with Crippen LogP contribution in [0.1, 0.15) is 45.0 Å². The number of aromatic nitrogens is 2. The third kappa shape index (κ3) is 3.01. The lowest BCUT2D eigenvalue weighted by molar-refractivity contribution is -0.143. The van der Waals surface area contributed by atoms with Crippen molar-refractivity contribution in [1.29, 1.82) is 0 Å². The van der Waals surface area contributed by atoms with Crippen LogP contribution < -0.4 is 0 Å². The van der Waals surface area contributed by atoms with Gasteiger partial charge in [0.25, 0.3) is 0 Å². The highest BCUT2D eigenvalue weighted by molar-refractivity contribution is 5.14. The fourth-order valence-corrected chi connectivity index (χ4v) is 0.771. The molecule has 0 radical (unpaired) electrons. The normalized spacial score (nSPS) is 11.1. The van der Waals surface area contributed by atoms with E-state index in [0.29, 0.717) is 0 Å². The first-order valence-corrected chi connectivity index (χ1v) is 4.32. The van der Waals surface area contributed by atoms with Crippen molar-refractivity contribution >= 4 is 0 Å². The van der Waals surface area contributed by atoms with Crippen LogP contribution in [-0.4, -0.2) is 10.3 Å². The van der Waals surface area contributed by atoms with Gasteiger partial charge in [0.15, 0.2) is 0 Å². The van der Waals surface area contributed by atoms with Crippen molar-refractivity contribution in [2.45, 2.75) is 39.8 Å². The number of nitrogens with zero attached hydrogens (tertiary/aromatic N) is 2. The Bertz CT molecular complexity index is 268. The van der Waals surface area contributed by atoms with Crippen molar-refractivity contribution in [3.8, 4) is 0 Å². The van der Waals surface area contributed by atoms with Crippen LogP contribution in [0.25, 0.3) is 0 Å². The SMILES string of the molecule is CC.CC(C)c1nonc1C(F)(F)F. The molecule has 0 aliphatic heterocycles. The molecule has 6 heteroatoms. The van der Waals surface area contributed by atoms with Crippen LogP contribution in [0.2, 0.25) is 0 Å². The Hall–Kier alpha value is -1.07. The molecule has 82 valence electrons. The molecule has 0 amide bonds. The third-order valence-electron chi connectivity index (χ3n) is 1.33. The van der Waals surface area contributed by atoms with Crippen LogP contribution in [0.15, 0.2) is 4.63 Å². The van der Waals surface area contributed by atoms with Gasteiger partial charge in [-0.15, -0.1) is 0 Å². The summed E-state index contributed by atoms with van der Waals surface area (Å²) in [5.41, 5.74) is -1.18. The van der Waals surface area contributed by atoms with Gasteiger partial charge in [-0.25, -0.2) is 4.63 Å². The zero-order chi connectivity index (χ0) is 11.4. The van der Waals surface area contributed by atoms with E-state index >= 15 is 0 Å². The lowest BCUT2D eigenvalue weighted by atomic mass is 10.1. The summed E-state index contributed by atoms with van der Waals surface area (Å²) in [5, 5.41) is 5.97. The Morgan fingerprint density at radius 1 is 1.14 bits per heavy atom. The largest absolute Gasteiger partial charge is 0.438 e. The van der Waals surface area contributed by atoms with Gasteiger partial charge in [-0.3, -0.25) is 0 Å². The molecule has 1 aromatic rings. The molecule has 0 bridgehead atoms. The van der Waals surface area contributed by atoms with Crippen LogP contribution in [0.5, 0.6) is 0 Å². The number of halogens is 3. The van der Waals surface area contributed by atoms with E-state index in [1.807, 2.05) is 13.8 Å². The first kappa shape index (κ1) is 12.9. The van der Waals surface area contributed by atoms with E-state index in [1.54, 1.807) is 13.8 Å². The van der Waals surface area contributed by atoms with E-state index in [2.05, 4.69) is 14.9 Å². The molecule has 1 rings (SSSR count). The molecule has 0 aromatic carbocycles. The van der Waals surface area contributed by atoms with Gasteiger partial charge in [-0.2, -0.15) is 13.2 Å². The van der Waals surface area contributed by atoms with Crippen molar-refractivity contribution in [2.75, 3.05) is 0 Å². The monoisotopic (exact) mass is 210 g/mol. The van der Waals surface area contributed by atoms with E-state index in [4.69, 9.17) is 0 Å². The summed E-state index contributed by atoms with van der Waals surface area (Å²) in [6.45, 7) is 7.18. The average Bonchev–Trinajstić information content (AvgIpc) is 2.54. The minimum atomic E-state index is -4.47. The van der Waals surface area contributed by atoms with Crippen LogP contribution in [0.3, 0.4) is 0 Å². The number of alkyl halides is 3. The molecule has 3 nitrogen and oxygen atoms in total. The summed E-state index contributed by atoms with van der Waals surface area (Å²) < 4.78 is 40.3. The number of rotatable bonds is 1. The van der Waals surface area contributed by atoms with Crippen molar-refractivity contribution in [3.05, 3.63) is 11.4 Å². The van der Waals surface area contributed by atoms with Gasteiger partial charge in [0.05, 0.1) is 0 Å². The van der Waals surface area contributed by atoms with Gasteiger partial charge in [-0.05, 0) is 5.16 Å². The molecule has 14 heavy (non-hydrogen) atoms. The molecule has 0 saturated heterocycles. The highest BCUT2D eigenvalue weighted by Crippen LogP contribution is 2.32. The topological polar surface area (TPSA) is 38.9 Å². The minimum absolute atomic E-state index is 0.150. The minimum Gasteiger partial charge on any atom is -0.244 e. The lowest BCUT2D eigenvalue weighted by Crippen LogP contribution is -2.09. The molecule has 1 heterocycles. The molecular weight excluding hydrogens is 197 g/mol. The Balaban J connectivity index is 0.000000791. The highest BCUT2D eigenvalue weighted by Gasteiger charge is 2.39. The van der Waals surface area contributed by atoms with Crippen molar-refractivity contribution < 1.29 is 17.8 Å². The molecule has 1 aromatic heterocycles. The molecular formula is C8H13F3N2O. The van der Waals surface area contributed by atoms with E-state index in [-0.39, 0.29) is 11.6 Å². The molecule has 0 aliphatic carbocycles.